The second-order valence-corrected chi connectivity index (χ2v) is 13.6. The van der Waals surface area contributed by atoms with Crippen LogP contribution in [0.1, 0.15) is 210 Å². The van der Waals surface area contributed by atoms with Crippen molar-refractivity contribution in [3.63, 3.8) is 0 Å². The topological polar surface area (TPSA) is 108 Å². The maximum atomic E-state index is 12.5. The van der Waals surface area contributed by atoms with E-state index >= 15 is 0 Å². The Kier molecular flexibility index (Phi) is 60.7. The average Bonchev–Trinajstić information content (AvgIpc) is 3.17. The van der Waals surface area contributed by atoms with Gasteiger partial charge >= 0.3 is 49.0 Å². The molecule has 0 aliphatic carbocycles. The Morgan fingerprint density at radius 3 is 1.51 bits per heavy atom. The molecule has 0 aromatic heterocycles. The van der Waals surface area contributed by atoms with Gasteiger partial charge in [-0.3, -0.25) is 14.4 Å². The number of hydrogen-bond donors (Lipinski definition) is 0. The molecule has 1 saturated heterocycles. The summed E-state index contributed by atoms with van der Waals surface area (Å²) in [5.74, 6) is -1.69. The van der Waals surface area contributed by atoms with Crippen LogP contribution in [0.25, 0.3) is 0 Å². The van der Waals surface area contributed by atoms with Gasteiger partial charge in [0.1, 0.15) is 6.61 Å². The summed E-state index contributed by atoms with van der Waals surface area (Å²) in [6.45, 7) is 23.4. The fraction of sp³-hybridized carbons (Fsp3) is 0.889. The van der Waals surface area contributed by atoms with Crippen molar-refractivity contribution in [3.05, 3.63) is 6.92 Å². The van der Waals surface area contributed by atoms with Gasteiger partial charge in [-0.05, 0) is 38.6 Å². The molecule has 0 aromatic carbocycles. The first-order chi connectivity index (χ1) is 26.2. The zero-order valence-electron chi connectivity index (χ0n) is 37.7. The molecule has 0 saturated carbocycles. The molecule has 10 heteroatoms. The molecule has 326 valence electrons. The van der Waals surface area contributed by atoms with Crippen molar-refractivity contribution in [2.24, 2.45) is 5.92 Å². The summed E-state index contributed by atoms with van der Waals surface area (Å²) < 4.78 is 21.1. The maximum Gasteiger partial charge on any atom is 2.00 e. The van der Waals surface area contributed by atoms with Gasteiger partial charge in [-0.15, -0.1) is 0 Å². The van der Waals surface area contributed by atoms with Crippen LogP contribution < -0.4 is 0 Å². The van der Waals surface area contributed by atoms with Gasteiger partial charge in [-0.2, -0.15) is 12.8 Å². The number of rotatable bonds is 30. The van der Waals surface area contributed by atoms with E-state index in [4.69, 9.17) is 18.9 Å². The number of nitrogens with zero attached hydrogens (tertiary/aromatic N) is 1. The van der Waals surface area contributed by atoms with Crippen molar-refractivity contribution in [1.29, 1.82) is 0 Å². The third kappa shape index (κ3) is 45.5. The molecule has 1 rings (SSSR count). The van der Waals surface area contributed by atoms with E-state index in [1.54, 1.807) is 7.11 Å². The van der Waals surface area contributed by atoms with E-state index in [2.05, 4.69) is 27.7 Å². The van der Waals surface area contributed by atoms with Gasteiger partial charge < -0.3 is 35.6 Å². The van der Waals surface area contributed by atoms with Crippen molar-refractivity contribution in [2.75, 3.05) is 33.5 Å². The number of methoxy groups -OCH3 is 1. The van der Waals surface area contributed by atoms with Crippen LogP contribution in [-0.4, -0.2) is 74.8 Å². The Labute approximate surface area is 365 Å². The number of ether oxygens (including phenoxy) is 4. The van der Waals surface area contributed by atoms with Crippen LogP contribution in [0, 0.1) is 44.0 Å². The van der Waals surface area contributed by atoms with Gasteiger partial charge in [0, 0.05) is 32.1 Å². The third-order valence-electron chi connectivity index (χ3n) is 8.61. The van der Waals surface area contributed by atoms with Crippen LogP contribution in [0.15, 0.2) is 0 Å². The van der Waals surface area contributed by atoms with Gasteiger partial charge in [-0.1, -0.05) is 152 Å². The largest absolute Gasteiger partial charge is 2.00 e. The van der Waals surface area contributed by atoms with Crippen LogP contribution in [0.3, 0.4) is 0 Å². The minimum absolute atomic E-state index is 0. The van der Waals surface area contributed by atoms with E-state index < -0.39 is 17.9 Å². The fourth-order valence-corrected chi connectivity index (χ4v) is 5.55. The van der Waals surface area contributed by atoms with E-state index in [0.717, 1.165) is 58.0 Å². The monoisotopic (exact) mass is 1010 g/mol. The number of hydrogen-bond acceptors (Lipinski definition) is 8. The van der Waals surface area contributed by atoms with Crippen molar-refractivity contribution in [3.8, 4) is 0 Å². The Morgan fingerprint density at radius 1 is 0.655 bits per heavy atom. The minimum atomic E-state index is -0.507. The Balaban J connectivity index is -0.000000389. The Bertz CT molecular complexity index is 793. The number of unbranched alkanes of at least 4 members (excludes halogenated alkanes) is 15. The predicted molar refractivity (Wildman–Crippen MR) is 226 cm³/mol. The quantitative estimate of drug-likeness (QED) is 0.0303. The Hall–Kier alpha value is -1.11. The predicted octanol–water partition coefficient (Wildman–Crippen LogP) is 11.9. The van der Waals surface area contributed by atoms with Crippen LogP contribution in [0.5, 0.6) is 0 Å². The van der Waals surface area contributed by atoms with Crippen molar-refractivity contribution >= 4 is 24.3 Å². The summed E-state index contributed by atoms with van der Waals surface area (Å²) >= 11 is 0. The smallest absolute Gasteiger partial charge is 0.520 e. The molecule has 1 aliphatic heterocycles. The van der Waals surface area contributed by atoms with Gasteiger partial charge in [0.05, 0.1) is 26.1 Å². The van der Waals surface area contributed by atoms with Gasteiger partial charge in [0.15, 0.2) is 0 Å². The van der Waals surface area contributed by atoms with Gasteiger partial charge in [0.2, 0.25) is 0 Å². The average molecular weight is 1010 g/mol. The molecule has 3 atom stereocenters. The van der Waals surface area contributed by atoms with Gasteiger partial charge in [-0.25, -0.2) is 0 Å². The number of likely N-dealkylation sites (tertiary alicyclic amines) is 1. The SMILES string of the molecule is CC.CC.CCCCCCCCOC.CCCCCCCCOC(=O)CC(COC(=O)CCCCCCCC)CC(=O)OCC1CC(C)N1[C-]=O.[CH2-]CC.[U+2]. The molecule has 0 aromatic rings. The molecule has 0 bridgehead atoms. The minimum Gasteiger partial charge on any atom is -0.520 e. The first kappa shape index (κ1) is 63.1. The summed E-state index contributed by atoms with van der Waals surface area (Å²) in [4.78, 5) is 49.5. The van der Waals surface area contributed by atoms with Gasteiger partial charge in [0.25, 0.3) is 0 Å². The number of esters is 3. The molecular formula is C45H89NO8U. The summed E-state index contributed by atoms with van der Waals surface area (Å²) in [7, 11) is 1.77. The normalized spacial score (nSPS) is 14.2. The fourth-order valence-electron chi connectivity index (χ4n) is 5.55. The molecule has 0 spiro atoms. The first-order valence-electron chi connectivity index (χ1n) is 22.1. The number of amides is 1. The van der Waals surface area contributed by atoms with Crippen molar-refractivity contribution in [1.82, 2.24) is 4.90 Å². The molecule has 0 radical (unpaired) electrons. The van der Waals surface area contributed by atoms with Crippen LogP contribution >= 0.6 is 0 Å². The summed E-state index contributed by atoms with van der Waals surface area (Å²) in [5, 5.41) is 0. The van der Waals surface area contributed by atoms with E-state index in [1.165, 1.54) is 81.9 Å². The molecule has 1 aliphatic rings. The Morgan fingerprint density at radius 2 is 1.07 bits per heavy atom. The number of carbonyl (C=O) groups is 3. The molecule has 55 heavy (non-hydrogen) atoms. The summed E-state index contributed by atoms with van der Waals surface area (Å²) in [6.07, 6.45) is 25.0. The molecule has 1 amide bonds. The summed E-state index contributed by atoms with van der Waals surface area (Å²) in [5.41, 5.74) is 0. The van der Waals surface area contributed by atoms with Crippen LogP contribution in [0.4, 0.5) is 0 Å². The summed E-state index contributed by atoms with van der Waals surface area (Å²) in [6, 6.07) is -0.0613. The standard InChI is InChI=1S/C29H50NO7.C9H20O.C3H7.2C2H6.U/c1-4-6-8-10-12-14-16-27(32)36-21-25(19-28(33)35-17-15-13-11-9-7-5-2)20-29(34)37-22-26-18-24(3)30(26)23-31;1-3-4-5-6-7-8-9-10-2;1-3-2;2*1-2;/h24-26H,4-22H2,1-3H3;3-9H2,1-2H3;1,3H2,2H3;2*1-2H3;/q-1;;-1;;;+2. The second-order valence-electron chi connectivity index (χ2n) is 13.6. The molecule has 3 unspecified atom stereocenters. The maximum absolute atomic E-state index is 12.5. The van der Waals surface area contributed by atoms with E-state index in [9.17, 15) is 19.2 Å². The molecule has 1 fully saturated rings. The van der Waals surface area contributed by atoms with Crippen LogP contribution in [-0.2, 0) is 38.1 Å². The van der Waals surface area contributed by atoms with E-state index in [0.29, 0.717) is 13.0 Å². The zero-order chi connectivity index (χ0) is 41.7. The molecule has 0 N–H and O–H groups in total. The van der Waals surface area contributed by atoms with E-state index in [1.807, 2.05) is 48.0 Å². The van der Waals surface area contributed by atoms with Crippen molar-refractivity contribution in [2.45, 2.75) is 222 Å². The number of carbonyl (C=O) groups excluding carboxylic acids is 4. The molecular weight excluding hydrogens is 921 g/mol. The van der Waals surface area contributed by atoms with E-state index in [-0.39, 0.29) is 75.2 Å². The van der Waals surface area contributed by atoms with Crippen LogP contribution in [0.2, 0.25) is 0 Å². The van der Waals surface area contributed by atoms with Crippen molar-refractivity contribution < 1.29 is 69.2 Å². The molecule has 9 nitrogen and oxygen atoms in total. The second kappa shape index (κ2) is 52.9. The third-order valence-corrected chi connectivity index (χ3v) is 8.61. The zero-order valence-corrected chi connectivity index (χ0v) is 41.9. The first-order valence-corrected chi connectivity index (χ1v) is 22.1. The molecule has 1 heterocycles.